The average molecular weight is 273 g/mol. The molecule has 0 atom stereocenters. The minimum absolute atomic E-state index is 0.0914. The van der Waals surface area contributed by atoms with Crippen LogP contribution in [0.15, 0.2) is 29.4 Å². The summed E-state index contributed by atoms with van der Waals surface area (Å²) in [6, 6.07) is 5.67. The highest BCUT2D eigenvalue weighted by Gasteiger charge is 2.38. The van der Waals surface area contributed by atoms with Crippen LogP contribution < -0.4 is 5.43 Å². The van der Waals surface area contributed by atoms with Crippen molar-refractivity contribution in [1.82, 2.24) is 5.43 Å². The average Bonchev–Trinajstić information content (AvgIpc) is 3.32. The molecule has 0 bridgehead atoms. The van der Waals surface area contributed by atoms with Crippen molar-refractivity contribution >= 4 is 17.3 Å². The molecular weight excluding hydrogens is 258 g/mol. The molecule has 0 radical (unpaired) electrons. The molecule has 0 heterocycles. The van der Waals surface area contributed by atoms with E-state index < -0.39 is 10.8 Å². The van der Waals surface area contributed by atoms with Gasteiger partial charge >= 0.3 is 0 Å². The molecular formula is C14H15N3O3. The Hall–Kier alpha value is -2.24. The summed E-state index contributed by atoms with van der Waals surface area (Å²) in [7, 11) is 0. The molecule has 1 amide bonds. The number of non-ortho nitro benzene ring substituents is 1. The number of nitro groups is 1. The summed E-state index contributed by atoms with van der Waals surface area (Å²) in [5.41, 5.74) is 3.80. The lowest BCUT2D eigenvalue weighted by molar-refractivity contribution is -0.384. The Kier molecular flexibility index (Phi) is 3.22. The van der Waals surface area contributed by atoms with E-state index in [1.807, 2.05) is 0 Å². The van der Waals surface area contributed by atoms with Crippen LogP contribution in [0.1, 0.15) is 36.0 Å². The Morgan fingerprint density at radius 1 is 1.25 bits per heavy atom. The second-order valence-electron chi connectivity index (χ2n) is 5.33. The third kappa shape index (κ3) is 2.84. The third-order valence-corrected chi connectivity index (χ3v) is 3.60. The second-order valence-corrected chi connectivity index (χ2v) is 5.33. The normalized spacial score (nSPS) is 17.4. The van der Waals surface area contributed by atoms with E-state index >= 15 is 0 Å². The molecule has 0 aromatic heterocycles. The van der Waals surface area contributed by atoms with Crippen LogP contribution in [0, 0.1) is 22.0 Å². The zero-order chi connectivity index (χ0) is 14.1. The van der Waals surface area contributed by atoms with Gasteiger partial charge in [-0.25, -0.2) is 5.43 Å². The molecule has 1 aromatic rings. The first kappa shape index (κ1) is 12.8. The van der Waals surface area contributed by atoms with E-state index in [0.717, 1.165) is 31.4 Å². The highest BCUT2D eigenvalue weighted by atomic mass is 16.6. The fourth-order valence-electron chi connectivity index (χ4n) is 2.21. The monoisotopic (exact) mass is 273 g/mol. The maximum Gasteiger partial charge on any atom is 0.271 e. The SMILES string of the molecule is O=C(NN=C(C1CC1)C1CC1)c1cccc([N+](=O)[O-])c1. The molecule has 2 fully saturated rings. The van der Waals surface area contributed by atoms with Gasteiger partial charge in [0, 0.05) is 23.4 Å². The molecule has 3 rings (SSSR count). The number of nitrogens with zero attached hydrogens (tertiary/aromatic N) is 2. The number of hydrogen-bond acceptors (Lipinski definition) is 4. The fourth-order valence-corrected chi connectivity index (χ4v) is 2.21. The predicted octanol–water partition coefficient (Wildman–Crippen LogP) is 2.50. The highest BCUT2D eigenvalue weighted by Crippen LogP contribution is 2.41. The molecule has 1 N–H and O–H groups in total. The highest BCUT2D eigenvalue weighted by molar-refractivity contribution is 5.97. The van der Waals surface area contributed by atoms with E-state index in [-0.39, 0.29) is 11.3 Å². The van der Waals surface area contributed by atoms with Gasteiger partial charge in [-0.2, -0.15) is 5.10 Å². The number of carbonyl (C=O) groups is 1. The molecule has 6 nitrogen and oxygen atoms in total. The van der Waals surface area contributed by atoms with Crippen molar-refractivity contribution in [3.05, 3.63) is 39.9 Å². The first-order valence-corrected chi connectivity index (χ1v) is 6.77. The number of hydrogen-bond donors (Lipinski definition) is 1. The number of rotatable bonds is 5. The summed E-state index contributed by atoms with van der Waals surface area (Å²) in [4.78, 5) is 22.1. The predicted molar refractivity (Wildman–Crippen MR) is 73.4 cm³/mol. The van der Waals surface area contributed by atoms with Gasteiger partial charge in [-0.1, -0.05) is 6.07 Å². The van der Waals surface area contributed by atoms with Gasteiger partial charge in [0.2, 0.25) is 0 Å². The van der Waals surface area contributed by atoms with Crippen molar-refractivity contribution in [3.8, 4) is 0 Å². The van der Waals surface area contributed by atoms with Gasteiger partial charge < -0.3 is 0 Å². The standard InChI is InChI=1S/C14H15N3O3/c18-14(11-2-1-3-12(8-11)17(19)20)16-15-13(9-4-5-9)10-6-7-10/h1-3,8-10H,4-7H2,(H,16,18). The number of nitrogens with one attached hydrogen (secondary N) is 1. The van der Waals surface area contributed by atoms with Gasteiger partial charge in [0.25, 0.3) is 11.6 Å². The quantitative estimate of drug-likeness (QED) is 0.508. The number of benzene rings is 1. The largest absolute Gasteiger partial charge is 0.271 e. The molecule has 20 heavy (non-hydrogen) atoms. The van der Waals surface area contributed by atoms with Crippen molar-refractivity contribution in [2.24, 2.45) is 16.9 Å². The van der Waals surface area contributed by atoms with Crippen LogP contribution in [-0.2, 0) is 0 Å². The zero-order valence-corrected chi connectivity index (χ0v) is 10.9. The van der Waals surface area contributed by atoms with Crippen molar-refractivity contribution in [2.75, 3.05) is 0 Å². The Morgan fingerprint density at radius 3 is 2.45 bits per heavy atom. The fraction of sp³-hybridized carbons (Fsp3) is 0.429. The van der Waals surface area contributed by atoms with Crippen LogP contribution in [0.4, 0.5) is 5.69 Å². The Balaban J connectivity index is 1.71. The first-order chi connectivity index (χ1) is 9.65. The first-order valence-electron chi connectivity index (χ1n) is 6.77. The topological polar surface area (TPSA) is 84.6 Å². The summed E-state index contributed by atoms with van der Waals surface area (Å²) in [5.74, 6) is 0.674. The molecule has 0 unspecified atom stereocenters. The molecule has 0 saturated heterocycles. The Labute approximate surface area is 116 Å². The summed E-state index contributed by atoms with van der Waals surface area (Å²) in [6.45, 7) is 0. The van der Waals surface area contributed by atoms with Crippen molar-refractivity contribution < 1.29 is 9.72 Å². The minimum Gasteiger partial charge on any atom is -0.267 e. The van der Waals surface area contributed by atoms with Crippen LogP contribution in [0.25, 0.3) is 0 Å². The Morgan fingerprint density at radius 2 is 1.90 bits per heavy atom. The van der Waals surface area contributed by atoms with Gasteiger partial charge in [-0.3, -0.25) is 14.9 Å². The molecule has 1 aromatic carbocycles. The van der Waals surface area contributed by atoms with Gasteiger partial charge in [0.15, 0.2) is 0 Å². The van der Waals surface area contributed by atoms with E-state index in [4.69, 9.17) is 0 Å². The lowest BCUT2D eigenvalue weighted by Crippen LogP contribution is -2.21. The van der Waals surface area contributed by atoms with Gasteiger partial charge in [-0.15, -0.1) is 0 Å². The molecule has 6 heteroatoms. The number of hydrazone groups is 1. The number of nitro benzene ring substituents is 1. The van der Waals surface area contributed by atoms with E-state index in [1.54, 1.807) is 6.07 Å². The van der Waals surface area contributed by atoms with Gasteiger partial charge in [0.05, 0.1) is 4.92 Å². The molecule has 2 aliphatic carbocycles. The van der Waals surface area contributed by atoms with Crippen LogP contribution >= 0.6 is 0 Å². The molecule has 2 saturated carbocycles. The minimum atomic E-state index is -0.514. The Bertz CT molecular complexity index is 575. The number of carbonyl (C=O) groups excluding carboxylic acids is 1. The van der Waals surface area contributed by atoms with Crippen molar-refractivity contribution in [2.45, 2.75) is 25.7 Å². The molecule has 0 aliphatic heterocycles. The molecule has 2 aliphatic rings. The van der Waals surface area contributed by atoms with Crippen LogP contribution in [0.3, 0.4) is 0 Å². The molecule has 0 spiro atoms. The van der Waals surface area contributed by atoms with Crippen LogP contribution in [0.5, 0.6) is 0 Å². The van der Waals surface area contributed by atoms with Gasteiger partial charge in [0.1, 0.15) is 0 Å². The van der Waals surface area contributed by atoms with Gasteiger partial charge in [-0.05, 0) is 43.6 Å². The number of amides is 1. The van der Waals surface area contributed by atoms with E-state index in [9.17, 15) is 14.9 Å². The van der Waals surface area contributed by atoms with Crippen LogP contribution in [0.2, 0.25) is 0 Å². The summed E-state index contributed by atoms with van der Waals surface area (Å²) >= 11 is 0. The zero-order valence-electron chi connectivity index (χ0n) is 10.9. The maximum atomic E-state index is 12.0. The summed E-state index contributed by atoms with van der Waals surface area (Å²) in [6.07, 6.45) is 4.62. The van der Waals surface area contributed by atoms with E-state index in [2.05, 4.69) is 10.5 Å². The van der Waals surface area contributed by atoms with Crippen molar-refractivity contribution in [1.29, 1.82) is 0 Å². The van der Waals surface area contributed by atoms with Crippen molar-refractivity contribution in [3.63, 3.8) is 0 Å². The summed E-state index contributed by atoms with van der Waals surface area (Å²) in [5, 5.41) is 14.9. The maximum absolute atomic E-state index is 12.0. The summed E-state index contributed by atoms with van der Waals surface area (Å²) < 4.78 is 0. The molecule has 104 valence electrons. The lowest BCUT2D eigenvalue weighted by atomic mass is 10.1. The second kappa shape index (κ2) is 5.03. The smallest absolute Gasteiger partial charge is 0.267 e. The lowest BCUT2D eigenvalue weighted by Gasteiger charge is -2.04. The van der Waals surface area contributed by atoms with E-state index in [1.165, 1.54) is 18.2 Å². The van der Waals surface area contributed by atoms with E-state index in [0.29, 0.717) is 11.8 Å². The van der Waals surface area contributed by atoms with Crippen LogP contribution in [-0.4, -0.2) is 16.5 Å². The third-order valence-electron chi connectivity index (χ3n) is 3.60.